The van der Waals surface area contributed by atoms with Crippen LogP contribution in [0, 0.1) is 5.41 Å². The monoisotopic (exact) mass is 421 g/mol. The molecule has 0 atom stereocenters. The second-order valence-corrected chi connectivity index (χ2v) is 7.80. The minimum absolute atomic E-state index is 0.118. The van der Waals surface area contributed by atoms with Crippen molar-refractivity contribution in [3.63, 3.8) is 0 Å². The smallest absolute Gasteiger partial charge is 0.222 e. The number of para-hydroxylation sites is 1. The molecular weight excluding hydrogens is 390 g/mol. The molecule has 0 aromatic heterocycles. The van der Waals surface area contributed by atoms with E-state index < -0.39 is 0 Å². The Bertz CT molecular complexity index is 947. The van der Waals surface area contributed by atoms with Gasteiger partial charge in [-0.25, -0.2) is 5.84 Å². The van der Waals surface area contributed by atoms with Crippen LogP contribution in [-0.4, -0.2) is 54.6 Å². The van der Waals surface area contributed by atoms with Crippen molar-refractivity contribution in [1.29, 1.82) is 5.41 Å². The van der Waals surface area contributed by atoms with Gasteiger partial charge < -0.3 is 21.3 Å². The molecule has 1 saturated heterocycles. The van der Waals surface area contributed by atoms with E-state index in [2.05, 4.69) is 11.9 Å². The number of rotatable bonds is 7. The summed E-state index contributed by atoms with van der Waals surface area (Å²) >= 11 is 0. The van der Waals surface area contributed by atoms with Gasteiger partial charge >= 0.3 is 0 Å². The number of carbonyl (C=O) groups is 1. The predicted molar refractivity (Wildman–Crippen MR) is 125 cm³/mol. The van der Waals surface area contributed by atoms with Gasteiger partial charge in [0, 0.05) is 50.1 Å². The average Bonchev–Trinajstić information content (AvgIpc) is 2.78. The summed E-state index contributed by atoms with van der Waals surface area (Å²) in [7, 11) is 2.08. The zero-order valence-electron chi connectivity index (χ0n) is 17.9. The normalized spacial score (nSPS) is 15.0. The number of benzene rings is 2. The molecule has 2 aromatic rings. The van der Waals surface area contributed by atoms with Crippen molar-refractivity contribution in [3.05, 3.63) is 71.6 Å². The Labute approximate surface area is 183 Å². The minimum Gasteiger partial charge on any atom is -0.398 e. The first kappa shape index (κ1) is 22.3. The Morgan fingerprint density at radius 3 is 2.39 bits per heavy atom. The maximum absolute atomic E-state index is 12.4. The molecule has 1 fully saturated rings. The zero-order chi connectivity index (χ0) is 22.4. The SMILES string of the molecule is CN1CCN(C(=O)CCc2ccc(N(N)/C=C(\N)C(=N)c3ccccc3N)cc2)CC1. The third-order valence-electron chi connectivity index (χ3n) is 5.51. The highest BCUT2D eigenvalue weighted by Gasteiger charge is 2.18. The molecule has 8 heteroatoms. The molecule has 0 spiro atoms. The zero-order valence-corrected chi connectivity index (χ0v) is 17.9. The fraction of sp³-hybridized carbons (Fsp3) is 0.304. The van der Waals surface area contributed by atoms with Crippen LogP contribution in [0.2, 0.25) is 0 Å². The van der Waals surface area contributed by atoms with Crippen molar-refractivity contribution in [2.75, 3.05) is 44.0 Å². The average molecular weight is 422 g/mol. The summed E-state index contributed by atoms with van der Waals surface area (Å²) in [5.74, 6) is 6.32. The second-order valence-electron chi connectivity index (χ2n) is 7.80. The molecule has 8 nitrogen and oxygen atoms in total. The number of piperazine rings is 1. The van der Waals surface area contributed by atoms with Crippen LogP contribution in [0.4, 0.5) is 11.4 Å². The number of nitrogens with two attached hydrogens (primary N) is 3. The summed E-state index contributed by atoms with van der Waals surface area (Å²) in [4.78, 5) is 16.6. The molecule has 7 N–H and O–H groups in total. The third kappa shape index (κ3) is 5.84. The molecule has 0 aliphatic carbocycles. The lowest BCUT2D eigenvalue weighted by Gasteiger charge is -2.32. The van der Waals surface area contributed by atoms with Gasteiger partial charge in [0.15, 0.2) is 0 Å². The number of amides is 1. The maximum atomic E-state index is 12.4. The van der Waals surface area contributed by atoms with E-state index in [0.717, 1.165) is 37.4 Å². The molecule has 31 heavy (non-hydrogen) atoms. The molecule has 0 unspecified atom stereocenters. The van der Waals surface area contributed by atoms with Crippen LogP contribution in [0.5, 0.6) is 0 Å². The summed E-state index contributed by atoms with van der Waals surface area (Å²) in [6, 6.07) is 14.7. The van der Waals surface area contributed by atoms with E-state index in [1.54, 1.807) is 18.2 Å². The van der Waals surface area contributed by atoms with E-state index in [9.17, 15) is 4.79 Å². The number of likely N-dealkylation sites (N-methyl/N-ethyl adjacent to an activating group) is 1. The van der Waals surface area contributed by atoms with E-state index in [1.165, 1.54) is 11.2 Å². The van der Waals surface area contributed by atoms with Crippen molar-refractivity contribution in [1.82, 2.24) is 9.80 Å². The summed E-state index contributed by atoms with van der Waals surface area (Å²) in [5, 5.41) is 9.64. The highest BCUT2D eigenvalue weighted by Crippen LogP contribution is 2.17. The van der Waals surface area contributed by atoms with E-state index >= 15 is 0 Å². The van der Waals surface area contributed by atoms with Crippen LogP contribution < -0.4 is 22.3 Å². The van der Waals surface area contributed by atoms with E-state index in [0.29, 0.717) is 24.1 Å². The summed E-state index contributed by atoms with van der Waals surface area (Å²) in [6.45, 7) is 3.46. The first-order chi connectivity index (χ1) is 14.8. The first-order valence-electron chi connectivity index (χ1n) is 10.4. The number of allylic oxidation sites excluding steroid dienone is 1. The largest absolute Gasteiger partial charge is 0.398 e. The van der Waals surface area contributed by atoms with Crippen molar-refractivity contribution < 1.29 is 4.79 Å². The molecule has 0 saturated carbocycles. The number of nitrogens with one attached hydrogen (secondary N) is 1. The summed E-state index contributed by atoms with van der Waals surface area (Å²) in [5.41, 5.74) is 15.2. The Morgan fingerprint density at radius 2 is 1.74 bits per heavy atom. The van der Waals surface area contributed by atoms with Crippen molar-refractivity contribution in [2.24, 2.45) is 11.6 Å². The highest BCUT2D eigenvalue weighted by atomic mass is 16.2. The lowest BCUT2D eigenvalue weighted by Crippen LogP contribution is -2.47. The van der Waals surface area contributed by atoms with Gasteiger partial charge in [-0.05, 0) is 37.2 Å². The van der Waals surface area contributed by atoms with Crippen LogP contribution in [0.1, 0.15) is 17.5 Å². The van der Waals surface area contributed by atoms with Gasteiger partial charge in [-0.2, -0.15) is 0 Å². The standard InChI is InChI=1S/C23H31N7O/c1-28-12-14-29(15-13-28)22(31)11-8-17-6-9-18(10-7-17)30(27)16-21(25)23(26)19-4-2-3-5-20(19)24/h2-7,9-10,16,26H,8,11-15,24-25,27H2,1H3/b21-16-,26-23?. The Balaban J connectivity index is 1.56. The lowest BCUT2D eigenvalue weighted by molar-refractivity contribution is -0.132. The quantitative estimate of drug-likeness (QED) is 0.232. The van der Waals surface area contributed by atoms with E-state index in [1.807, 2.05) is 35.2 Å². The minimum atomic E-state index is 0.118. The molecular formula is C23H31N7O. The van der Waals surface area contributed by atoms with Crippen LogP contribution >= 0.6 is 0 Å². The molecule has 1 amide bonds. The van der Waals surface area contributed by atoms with Gasteiger partial charge in [0.25, 0.3) is 0 Å². The number of hydrogen-bond donors (Lipinski definition) is 4. The third-order valence-corrected chi connectivity index (χ3v) is 5.51. The van der Waals surface area contributed by atoms with Gasteiger partial charge in [-0.3, -0.25) is 15.2 Å². The van der Waals surface area contributed by atoms with Gasteiger partial charge in [-0.15, -0.1) is 0 Å². The number of aryl methyl sites for hydroxylation is 1. The van der Waals surface area contributed by atoms with Gasteiger partial charge in [0.1, 0.15) is 0 Å². The van der Waals surface area contributed by atoms with E-state index in [4.69, 9.17) is 22.7 Å². The molecule has 1 aliphatic rings. The van der Waals surface area contributed by atoms with Crippen molar-refractivity contribution >= 4 is 23.0 Å². The lowest BCUT2D eigenvalue weighted by atomic mass is 10.1. The number of nitrogen functional groups attached to an aromatic ring is 1. The molecule has 0 bridgehead atoms. The number of nitrogens with zero attached hydrogens (tertiary/aromatic N) is 3. The van der Waals surface area contributed by atoms with Gasteiger partial charge in [0.05, 0.1) is 17.1 Å². The molecule has 1 aliphatic heterocycles. The second kappa shape index (κ2) is 10.1. The van der Waals surface area contributed by atoms with Crippen LogP contribution in [0.3, 0.4) is 0 Å². The number of anilines is 2. The molecule has 0 radical (unpaired) electrons. The summed E-state index contributed by atoms with van der Waals surface area (Å²) < 4.78 is 0. The van der Waals surface area contributed by atoms with Crippen LogP contribution in [0.15, 0.2) is 60.4 Å². The van der Waals surface area contributed by atoms with Crippen molar-refractivity contribution in [3.8, 4) is 0 Å². The van der Waals surface area contributed by atoms with Crippen molar-refractivity contribution in [2.45, 2.75) is 12.8 Å². The topological polar surface area (TPSA) is 129 Å². The molecule has 1 heterocycles. The highest BCUT2D eigenvalue weighted by molar-refractivity contribution is 6.13. The fourth-order valence-electron chi connectivity index (χ4n) is 3.47. The predicted octanol–water partition coefficient (Wildman–Crippen LogP) is 1.52. The van der Waals surface area contributed by atoms with E-state index in [-0.39, 0.29) is 17.3 Å². The first-order valence-corrected chi connectivity index (χ1v) is 10.4. The Hall–Kier alpha value is -3.36. The maximum Gasteiger partial charge on any atom is 0.222 e. The van der Waals surface area contributed by atoms with Crippen LogP contribution in [0.25, 0.3) is 0 Å². The fourth-order valence-corrected chi connectivity index (χ4v) is 3.47. The van der Waals surface area contributed by atoms with Gasteiger partial charge in [-0.1, -0.05) is 30.3 Å². The molecule has 2 aromatic carbocycles. The molecule has 3 rings (SSSR count). The number of carbonyl (C=O) groups excluding carboxylic acids is 1. The Morgan fingerprint density at radius 1 is 1.10 bits per heavy atom. The molecule has 164 valence electrons. The van der Waals surface area contributed by atoms with Crippen LogP contribution in [-0.2, 0) is 11.2 Å². The number of hydrogen-bond acceptors (Lipinski definition) is 7. The number of hydrazine groups is 1. The summed E-state index contributed by atoms with van der Waals surface area (Å²) in [6.07, 6.45) is 2.69. The van der Waals surface area contributed by atoms with Gasteiger partial charge in [0.2, 0.25) is 5.91 Å². The Kier molecular flexibility index (Phi) is 7.28.